The van der Waals surface area contributed by atoms with Crippen LogP contribution >= 0.6 is 0 Å². The predicted molar refractivity (Wildman–Crippen MR) is 69.3 cm³/mol. The summed E-state index contributed by atoms with van der Waals surface area (Å²) in [6, 6.07) is 7.72. The van der Waals surface area contributed by atoms with Crippen LogP contribution in [0.5, 0.6) is 0 Å². The molecule has 0 fully saturated rings. The molecule has 3 nitrogen and oxygen atoms in total. The molecule has 1 aromatic rings. The van der Waals surface area contributed by atoms with Crippen molar-refractivity contribution in [1.29, 1.82) is 0 Å². The lowest BCUT2D eigenvalue weighted by Crippen LogP contribution is -2.24. The third kappa shape index (κ3) is 3.65. The maximum Gasteiger partial charge on any atom is 0.164 e. The summed E-state index contributed by atoms with van der Waals surface area (Å²) in [6.45, 7) is 5.22. The standard InChI is InChI=1S/C14H21NO2/c1-14(2,10-17-3)12-6-4-5-11(9-12)13(16)7-8-15/h4-6,9H,7-8,10,15H2,1-3H3. The van der Waals surface area contributed by atoms with Crippen molar-refractivity contribution in [1.82, 2.24) is 0 Å². The fourth-order valence-electron chi connectivity index (χ4n) is 1.83. The average molecular weight is 235 g/mol. The molecule has 0 heterocycles. The molecule has 0 aliphatic rings. The molecule has 0 aliphatic heterocycles. The van der Waals surface area contributed by atoms with E-state index in [0.717, 1.165) is 11.1 Å². The van der Waals surface area contributed by atoms with E-state index in [9.17, 15) is 4.79 Å². The molecule has 0 saturated carbocycles. The van der Waals surface area contributed by atoms with Gasteiger partial charge in [0.15, 0.2) is 5.78 Å². The number of ketones is 1. The van der Waals surface area contributed by atoms with Crippen LogP contribution in [0.1, 0.15) is 36.2 Å². The summed E-state index contributed by atoms with van der Waals surface area (Å²) in [5, 5.41) is 0. The lowest BCUT2D eigenvalue weighted by atomic mass is 9.84. The van der Waals surface area contributed by atoms with Gasteiger partial charge >= 0.3 is 0 Å². The molecule has 17 heavy (non-hydrogen) atoms. The van der Waals surface area contributed by atoms with Crippen molar-refractivity contribution in [2.75, 3.05) is 20.3 Å². The summed E-state index contributed by atoms with van der Waals surface area (Å²) in [6.07, 6.45) is 0.397. The van der Waals surface area contributed by atoms with E-state index in [1.165, 1.54) is 0 Å². The van der Waals surface area contributed by atoms with Gasteiger partial charge in [-0.25, -0.2) is 0 Å². The molecule has 2 N–H and O–H groups in total. The van der Waals surface area contributed by atoms with Gasteiger partial charge in [-0.1, -0.05) is 32.0 Å². The largest absolute Gasteiger partial charge is 0.384 e. The molecule has 3 heteroatoms. The van der Waals surface area contributed by atoms with Gasteiger partial charge in [-0.2, -0.15) is 0 Å². The minimum atomic E-state index is -0.0895. The quantitative estimate of drug-likeness (QED) is 0.769. The third-order valence-electron chi connectivity index (χ3n) is 2.84. The molecule has 94 valence electrons. The maximum absolute atomic E-state index is 11.8. The highest BCUT2D eigenvalue weighted by Crippen LogP contribution is 2.24. The SMILES string of the molecule is COCC(C)(C)c1cccc(C(=O)CCN)c1. The fraction of sp³-hybridized carbons (Fsp3) is 0.500. The van der Waals surface area contributed by atoms with Crippen LogP contribution in [0.3, 0.4) is 0 Å². The van der Waals surface area contributed by atoms with Gasteiger partial charge in [0, 0.05) is 24.5 Å². The Morgan fingerprint density at radius 2 is 2.12 bits per heavy atom. The summed E-state index contributed by atoms with van der Waals surface area (Å²) < 4.78 is 5.20. The van der Waals surface area contributed by atoms with Gasteiger partial charge in [-0.3, -0.25) is 4.79 Å². The van der Waals surface area contributed by atoms with Crippen LogP contribution < -0.4 is 5.73 Å². The molecule has 0 aliphatic carbocycles. The Hall–Kier alpha value is -1.19. The van der Waals surface area contributed by atoms with Gasteiger partial charge < -0.3 is 10.5 Å². The van der Waals surface area contributed by atoms with E-state index in [2.05, 4.69) is 13.8 Å². The first-order chi connectivity index (χ1) is 8.01. The van der Waals surface area contributed by atoms with E-state index in [1.807, 2.05) is 24.3 Å². The van der Waals surface area contributed by atoms with Crippen molar-refractivity contribution in [3.8, 4) is 0 Å². The number of rotatable bonds is 6. The predicted octanol–water partition coefficient (Wildman–Crippen LogP) is 2.14. The zero-order chi connectivity index (χ0) is 12.9. The zero-order valence-electron chi connectivity index (χ0n) is 10.8. The number of hydrogen-bond acceptors (Lipinski definition) is 3. The van der Waals surface area contributed by atoms with Crippen molar-refractivity contribution < 1.29 is 9.53 Å². The van der Waals surface area contributed by atoms with E-state index in [-0.39, 0.29) is 11.2 Å². The average Bonchev–Trinajstić information content (AvgIpc) is 2.29. The van der Waals surface area contributed by atoms with Crippen molar-refractivity contribution in [3.63, 3.8) is 0 Å². The molecule has 0 aromatic heterocycles. The number of Topliss-reactive ketones (excluding diaryl/α,β-unsaturated/α-hetero) is 1. The Morgan fingerprint density at radius 1 is 1.41 bits per heavy atom. The number of hydrogen-bond donors (Lipinski definition) is 1. The normalized spacial score (nSPS) is 11.5. The monoisotopic (exact) mass is 235 g/mol. The Balaban J connectivity index is 2.96. The fourth-order valence-corrected chi connectivity index (χ4v) is 1.83. The van der Waals surface area contributed by atoms with Crippen LogP contribution in [0.4, 0.5) is 0 Å². The number of carbonyl (C=O) groups is 1. The van der Waals surface area contributed by atoms with Gasteiger partial charge in [0.2, 0.25) is 0 Å². The molecule has 0 atom stereocenters. The molecule has 0 saturated heterocycles. The first kappa shape index (κ1) is 13.9. The van der Waals surface area contributed by atoms with Gasteiger partial charge in [-0.05, 0) is 18.2 Å². The number of methoxy groups -OCH3 is 1. The molecule has 1 aromatic carbocycles. The van der Waals surface area contributed by atoms with E-state index >= 15 is 0 Å². The number of carbonyl (C=O) groups excluding carboxylic acids is 1. The number of ether oxygens (including phenoxy) is 1. The minimum Gasteiger partial charge on any atom is -0.384 e. The van der Waals surface area contributed by atoms with Crippen molar-refractivity contribution in [2.45, 2.75) is 25.7 Å². The molecule has 0 unspecified atom stereocenters. The molecule has 0 bridgehead atoms. The minimum absolute atomic E-state index is 0.0895. The van der Waals surface area contributed by atoms with E-state index in [4.69, 9.17) is 10.5 Å². The number of nitrogens with two attached hydrogens (primary N) is 1. The summed E-state index contributed by atoms with van der Waals surface area (Å²) >= 11 is 0. The lowest BCUT2D eigenvalue weighted by molar-refractivity contribution is 0.0985. The van der Waals surface area contributed by atoms with Gasteiger partial charge in [0.25, 0.3) is 0 Å². The van der Waals surface area contributed by atoms with Crippen LogP contribution in [0, 0.1) is 0 Å². The third-order valence-corrected chi connectivity index (χ3v) is 2.84. The van der Waals surface area contributed by atoms with Gasteiger partial charge in [0.1, 0.15) is 0 Å². The molecular formula is C14H21NO2. The zero-order valence-corrected chi connectivity index (χ0v) is 10.8. The topological polar surface area (TPSA) is 52.3 Å². The molecule has 1 rings (SSSR count). The summed E-state index contributed by atoms with van der Waals surface area (Å²) in [5.41, 5.74) is 7.15. The first-order valence-corrected chi connectivity index (χ1v) is 5.84. The highest BCUT2D eigenvalue weighted by molar-refractivity contribution is 5.96. The van der Waals surface area contributed by atoms with E-state index in [0.29, 0.717) is 19.6 Å². The second kappa shape index (κ2) is 5.94. The molecule has 0 radical (unpaired) electrons. The van der Waals surface area contributed by atoms with Gasteiger partial charge in [-0.15, -0.1) is 0 Å². The molecule has 0 spiro atoms. The number of benzene rings is 1. The molecular weight excluding hydrogens is 214 g/mol. The highest BCUT2D eigenvalue weighted by atomic mass is 16.5. The molecule has 0 amide bonds. The summed E-state index contributed by atoms with van der Waals surface area (Å²) in [5.74, 6) is 0.0996. The summed E-state index contributed by atoms with van der Waals surface area (Å²) in [4.78, 5) is 11.8. The Bertz CT molecular complexity index is 386. The van der Waals surface area contributed by atoms with Gasteiger partial charge in [0.05, 0.1) is 6.61 Å². The van der Waals surface area contributed by atoms with Crippen molar-refractivity contribution in [3.05, 3.63) is 35.4 Å². The van der Waals surface area contributed by atoms with Crippen molar-refractivity contribution in [2.24, 2.45) is 5.73 Å². The maximum atomic E-state index is 11.8. The van der Waals surface area contributed by atoms with Crippen LogP contribution in [0.15, 0.2) is 24.3 Å². The second-order valence-electron chi connectivity index (χ2n) is 4.86. The highest BCUT2D eigenvalue weighted by Gasteiger charge is 2.21. The van der Waals surface area contributed by atoms with Crippen LogP contribution in [0.25, 0.3) is 0 Å². The Kier molecular flexibility index (Phi) is 4.85. The first-order valence-electron chi connectivity index (χ1n) is 5.84. The smallest absolute Gasteiger partial charge is 0.164 e. The van der Waals surface area contributed by atoms with E-state index < -0.39 is 0 Å². The van der Waals surface area contributed by atoms with Crippen LogP contribution in [-0.2, 0) is 10.2 Å². The summed E-state index contributed by atoms with van der Waals surface area (Å²) in [7, 11) is 1.69. The second-order valence-corrected chi connectivity index (χ2v) is 4.86. The van der Waals surface area contributed by atoms with E-state index in [1.54, 1.807) is 7.11 Å². The lowest BCUT2D eigenvalue weighted by Gasteiger charge is -2.24. The van der Waals surface area contributed by atoms with Crippen molar-refractivity contribution >= 4 is 5.78 Å². The Morgan fingerprint density at radius 3 is 2.71 bits per heavy atom. The van der Waals surface area contributed by atoms with Crippen LogP contribution in [0.2, 0.25) is 0 Å². The van der Waals surface area contributed by atoms with Crippen LogP contribution in [-0.4, -0.2) is 26.0 Å². The Labute approximate surface area is 103 Å².